The highest BCUT2D eigenvalue weighted by atomic mass is 127. The number of carbonyl (C=O) groups is 3. The number of amides is 3. The fraction of sp³-hybridized carbons (Fsp3) is 0.810. The molecule has 31 heteroatoms. The molecular formula is C58H103Br14Cl4I2N3O8. The van der Waals surface area contributed by atoms with Gasteiger partial charge >= 0.3 is 11.8 Å². The zero-order valence-electron chi connectivity index (χ0n) is 52.0. The molecule has 3 amide bonds. The summed E-state index contributed by atoms with van der Waals surface area (Å²) >= 11 is 72.5. The van der Waals surface area contributed by atoms with Gasteiger partial charge in [-0.05, 0) is 55.6 Å². The van der Waals surface area contributed by atoms with Gasteiger partial charge in [0, 0.05) is 118 Å². The van der Waals surface area contributed by atoms with E-state index in [4.69, 9.17) is 75.8 Å². The van der Waals surface area contributed by atoms with Crippen molar-refractivity contribution in [1.29, 1.82) is 0 Å². The minimum absolute atomic E-state index is 0.229. The quantitative estimate of drug-likeness (QED) is 0.0146. The second kappa shape index (κ2) is 108. The van der Waals surface area contributed by atoms with Crippen molar-refractivity contribution in [3.63, 3.8) is 0 Å². The van der Waals surface area contributed by atoms with Crippen molar-refractivity contribution < 1.29 is 38.1 Å². The number of unbranched alkanes of at least 4 members (excludes halogenated alkanes) is 10. The van der Waals surface area contributed by atoms with Crippen molar-refractivity contribution in [2.75, 3.05) is 157 Å². The smallest absolute Gasteiger partial charge is 0.309 e. The summed E-state index contributed by atoms with van der Waals surface area (Å²) in [5.41, 5.74) is 7.08. The van der Waals surface area contributed by atoms with Crippen LogP contribution in [0.2, 0.25) is 0 Å². The summed E-state index contributed by atoms with van der Waals surface area (Å²) in [6.07, 6.45) is 23.3. The first-order chi connectivity index (χ1) is 42.9. The van der Waals surface area contributed by atoms with Crippen LogP contribution in [-0.2, 0) is 49.8 Å². The van der Waals surface area contributed by atoms with Gasteiger partial charge in [0.25, 0.3) is 0 Å². The Morgan fingerprint density at radius 2 is 0.854 bits per heavy atom. The van der Waals surface area contributed by atoms with Gasteiger partial charge in [-0.25, -0.2) is 0 Å². The van der Waals surface area contributed by atoms with E-state index in [0.29, 0.717) is 27.8 Å². The lowest BCUT2D eigenvalue weighted by molar-refractivity contribution is -0.169. The predicted octanol–water partition coefficient (Wildman–Crippen LogP) is 22.7. The third-order valence-corrected chi connectivity index (χ3v) is 20.1. The molecule has 4 N–H and O–H groups in total. The van der Waals surface area contributed by atoms with Crippen LogP contribution in [0.25, 0.3) is 0 Å². The number of hydrogen-bond donors (Lipinski definition) is 3. The number of hydrogen-bond acceptors (Lipinski definition) is 8. The molecule has 0 spiro atoms. The van der Waals surface area contributed by atoms with E-state index in [1.807, 2.05) is 24.3 Å². The highest BCUT2D eigenvalue weighted by Crippen LogP contribution is 2.17. The number of benzene rings is 1. The van der Waals surface area contributed by atoms with Crippen LogP contribution in [-0.4, -0.2) is 185 Å². The predicted molar refractivity (Wildman–Crippen MR) is 464 cm³/mol. The van der Waals surface area contributed by atoms with Crippen molar-refractivity contribution in [1.82, 2.24) is 10.6 Å². The molecule has 1 unspecified atom stereocenters. The van der Waals surface area contributed by atoms with Gasteiger partial charge in [-0.3, -0.25) is 14.4 Å². The highest BCUT2D eigenvalue weighted by Gasteiger charge is 2.26. The highest BCUT2D eigenvalue weighted by molar-refractivity contribution is 14.1. The number of ether oxygens (including phenoxy) is 5. The summed E-state index contributed by atoms with van der Waals surface area (Å²) in [7, 11) is 3.23. The molecule has 89 heavy (non-hydrogen) atoms. The van der Waals surface area contributed by atoms with E-state index in [1.54, 1.807) is 14.2 Å². The molecule has 0 saturated heterocycles. The first-order valence-electron chi connectivity index (χ1n) is 28.6. The Kier molecular flexibility index (Phi) is 138. The lowest BCUT2D eigenvalue weighted by Gasteiger charge is -2.25. The first-order valence-corrected chi connectivity index (χ1v) is 49.3. The van der Waals surface area contributed by atoms with Gasteiger partial charge in [-0.2, -0.15) is 0 Å². The van der Waals surface area contributed by atoms with Crippen LogP contribution in [0.15, 0.2) is 36.4 Å². The third-order valence-electron chi connectivity index (χ3n) is 9.70. The first kappa shape index (κ1) is 114. The van der Waals surface area contributed by atoms with Crippen molar-refractivity contribution >= 4 is 332 Å². The topological polar surface area (TPSA) is 147 Å². The molecular weight excluding hydrogens is 2380 g/mol. The number of alkyl halides is 20. The molecule has 538 valence electrons. The Hall–Kier alpha value is 6.51. The monoisotopic (exact) mass is 2470 g/mol. The maximum Gasteiger partial charge on any atom is 0.309 e. The van der Waals surface area contributed by atoms with Crippen LogP contribution in [0, 0.1) is 5.92 Å². The molecule has 0 aliphatic heterocycles. The van der Waals surface area contributed by atoms with Gasteiger partial charge in [0.05, 0.1) is 50.3 Å². The summed E-state index contributed by atoms with van der Waals surface area (Å²) in [6, 6.07) is 7.96. The van der Waals surface area contributed by atoms with Crippen molar-refractivity contribution in [3.8, 4) is 0 Å². The van der Waals surface area contributed by atoms with Crippen molar-refractivity contribution in [2.45, 2.75) is 119 Å². The Morgan fingerprint density at radius 1 is 0.528 bits per heavy atom. The van der Waals surface area contributed by atoms with Gasteiger partial charge in [0.1, 0.15) is 4.83 Å². The standard InChI is InChI=1S/C9H18Br2.C8H8Cl2.C7H14Br2.C6H12Br2.C6H10Cl2N2O2.C6H12I2O2.C5H10Br2O2.C4H8Br2O.C4H6Br2.C3H5Br2NO/c10-8-6-4-2-1-3-5-7-9-11;9-5-7-2-1-3-8(4-7)6-10;8-6-4-2-1-3-5-7-9;1-6(2-4-7)3-5-8;7-1-3-9-5(11)6(12)10-4-2-8;7-1-3-9-5-6-10-4-2-8;1-8-5(3-6,4-7)9-2;5-1-3-7-4-2-6;5-3-1-2-4-6;4-1-2(5)3(6)7/h1-9H2;1-4H,5-6H2;1-7H2;6H,2-5H2,1H3;1-4H2,(H,9,11)(H,10,12);1-6H2;3-4H2,1-2H3;1-4H2;1-2H,3-4H2;2H,1H2,(H2,6,7)/b;;;;;;;;2-1+;. The minimum Gasteiger partial charge on any atom is -0.380 e. The van der Waals surface area contributed by atoms with Crippen LogP contribution in [0.5, 0.6) is 0 Å². The lowest BCUT2D eigenvalue weighted by atomic mass is 10.1. The normalized spacial score (nSPS) is 10.4. The van der Waals surface area contributed by atoms with Crippen LogP contribution < -0.4 is 16.4 Å². The molecule has 0 aromatic heterocycles. The molecule has 11 nitrogen and oxygen atoms in total. The van der Waals surface area contributed by atoms with E-state index in [-0.39, 0.29) is 35.6 Å². The van der Waals surface area contributed by atoms with E-state index in [0.717, 1.165) is 97.5 Å². The summed E-state index contributed by atoms with van der Waals surface area (Å²) in [4.78, 5) is 31.4. The van der Waals surface area contributed by atoms with Gasteiger partial charge in [0.2, 0.25) is 5.91 Å². The van der Waals surface area contributed by atoms with Crippen LogP contribution >= 0.6 is 315 Å². The van der Waals surface area contributed by atoms with Crippen LogP contribution in [0.1, 0.15) is 108 Å². The summed E-state index contributed by atoms with van der Waals surface area (Å²) in [5, 5.41) is 17.3. The molecule has 0 saturated carbocycles. The van der Waals surface area contributed by atoms with E-state index in [1.165, 1.54) is 111 Å². The SMILES string of the molecule is BrC/C=C/CBr.BrCCCCCCCBr.BrCCCCCCCCCBr.BrCCOCCBr.CC(CCBr)CCBr.COC(CBr)(CBr)OC.ClCc1cccc(CCl)c1.ICCOCCOCCI.NC(=O)C(Br)CBr.O=C(NCCCl)C(=O)NCCCl. The Labute approximate surface area is 705 Å². The molecule has 0 radical (unpaired) electrons. The van der Waals surface area contributed by atoms with E-state index in [9.17, 15) is 14.4 Å². The largest absolute Gasteiger partial charge is 0.380 e. The van der Waals surface area contributed by atoms with E-state index in [2.05, 4.69) is 298 Å². The van der Waals surface area contributed by atoms with Gasteiger partial charge in [-0.15, -0.1) is 46.4 Å². The fourth-order valence-corrected chi connectivity index (χ4v) is 12.2. The number of halogens is 20. The van der Waals surface area contributed by atoms with Crippen LogP contribution in [0.4, 0.5) is 0 Å². The maximum absolute atomic E-state index is 10.8. The van der Waals surface area contributed by atoms with Crippen molar-refractivity contribution in [2.24, 2.45) is 11.7 Å². The maximum atomic E-state index is 10.8. The lowest BCUT2D eigenvalue weighted by Crippen LogP contribution is -2.41. The Morgan fingerprint density at radius 3 is 1.06 bits per heavy atom. The van der Waals surface area contributed by atoms with Crippen molar-refractivity contribution in [3.05, 3.63) is 47.5 Å². The molecule has 0 fully saturated rings. The molecule has 1 rings (SSSR count). The van der Waals surface area contributed by atoms with E-state index >= 15 is 0 Å². The van der Waals surface area contributed by atoms with E-state index < -0.39 is 17.6 Å². The summed E-state index contributed by atoms with van der Waals surface area (Å²) in [6.45, 7) is 7.63. The van der Waals surface area contributed by atoms with Gasteiger partial charge in [-0.1, -0.05) is 363 Å². The fourth-order valence-electron chi connectivity index (χ4n) is 4.77. The summed E-state index contributed by atoms with van der Waals surface area (Å²) < 4.78 is 27.7. The number of primary amides is 1. The molecule has 0 aliphatic rings. The molecule has 0 aliphatic carbocycles. The average molecular weight is 2480 g/mol. The average Bonchev–Trinajstić information content (AvgIpc) is 3.72. The molecule has 0 heterocycles. The number of nitrogens with two attached hydrogens (primary N) is 1. The Bertz CT molecular complexity index is 1420. The zero-order valence-corrected chi connectivity index (χ0v) is 81.6. The second-order valence-electron chi connectivity index (χ2n) is 17.0. The number of carbonyl (C=O) groups excluding carboxylic acids is 3. The number of methoxy groups -OCH3 is 2. The third kappa shape index (κ3) is 113. The number of allylic oxidation sites excluding steroid dienone is 2. The Balaban J connectivity index is -0.000000115. The number of rotatable bonds is 43. The molecule has 0 bridgehead atoms. The second-order valence-corrected chi connectivity index (χ2v) is 31.0. The molecule has 1 atom stereocenters. The summed E-state index contributed by atoms with van der Waals surface area (Å²) in [5.74, 6) is 0.366. The van der Waals surface area contributed by atoms with Gasteiger partial charge in [0.15, 0.2) is 5.79 Å². The zero-order chi connectivity index (χ0) is 69.7. The molecule has 1 aromatic rings. The number of nitrogens with one attached hydrogen (secondary N) is 2. The van der Waals surface area contributed by atoms with Gasteiger partial charge < -0.3 is 40.1 Å². The minimum atomic E-state index is -0.680. The van der Waals surface area contributed by atoms with Crippen LogP contribution in [0.3, 0.4) is 0 Å². The molecule has 1 aromatic carbocycles.